The quantitative estimate of drug-likeness (QED) is 0.678. The van der Waals surface area contributed by atoms with E-state index in [1.54, 1.807) is 0 Å². The van der Waals surface area contributed by atoms with Crippen molar-refractivity contribution in [3.8, 4) is 5.69 Å². The van der Waals surface area contributed by atoms with Crippen LogP contribution in [0, 0.1) is 15.9 Å². The summed E-state index contributed by atoms with van der Waals surface area (Å²) in [5, 5.41) is 23.0. The molecule has 0 radical (unpaired) electrons. The highest BCUT2D eigenvalue weighted by atomic mass is 79.9. The smallest absolute Gasteiger partial charge is 0.478 e. The molecule has 8 nitrogen and oxygen atoms in total. The fourth-order valence-electron chi connectivity index (χ4n) is 1.41. The third kappa shape index (κ3) is 2.29. The summed E-state index contributed by atoms with van der Waals surface area (Å²) in [6.45, 7) is 0. The summed E-state index contributed by atoms with van der Waals surface area (Å²) in [5.74, 6) is -3.22. The zero-order valence-corrected chi connectivity index (χ0v) is 10.5. The first kappa shape index (κ1) is 13.1. The zero-order chi connectivity index (χ0) is 14.2. The van der Waals surface area contributed by atoms with Gasteiger partial charge in [0.2, 0.25) is 0 Å². The van der Waals surface area contributed by atoms with Crippen molar-refractivity contribution in [2.45, 2.75) is 0 Å². The fourth-order valence-corrected chi connectivity index (χ4v) is 1.84. The monoisotopic (exact) mass is 330 g/mol. The zero-order valence-electron chi connectivity index (χ0n) is 8.95. The van der Waals surface area contributed by atoms with Crippen LogP contribution < -0.4 is 0 Å². The number of hydrogen-bond donors (Lipinski definition) is 1. The average Bonchev–Trinajstić information content (AvgIpc) is 2.70. The van der Waals surface area contributed by atoms with Crippen molar-refractivity contribution in [1.29, 1.82) is 0 Å². The maximum Gasteiger partial charge on any atom is 0.492 e. The number of hydrogen-bond acceptors (Lipinski definition) is 5. The molecule has 0 unspecified atom stereocenters. The van der Waals surface area contributed by atoms with Crippen molar-refractivity contribution >= 4 is 27.8 Å². The van der Waals surface area contributed by atoms with Crippen LogP contribution in [-0.2, 0) is 0 Å². The van der Waals surface area contributed by atoms with Gasteiger partial charge in [-0.15, -0.1) is 4.68 Å². The van der Waals surface area contributed by atoms with Crippen LogP contribution in [0.1, 0.15) is 10.4 Å². The summed E-state index contributed by atoms with van der Waals surface area (Å²) in [4.78, 5) is 24.2. The summed E-state index contributed by atoms with van der Waals surface area (Å²) in [6.07, 6.45) is 0. The van der Waals surface area contributed by atoms with Crippen LogP contribution in [0.5, 0.6) is 0 Å². The van der Waals surface area contributed by atoms with Crippen molar-refractivity contribution in [2.75, 3.05) is 0 Å². The van der Waals surface area contributed by atoms with Crippen LogP contribution in [0.15, 0.2) is 22.9 Å². The summed E-state index contributed by atoms with van der Waals surface area (Å²) < 4.78 is 14.2. The van der Waals surface area contributed by atoms with Crippen LogP contribution in [0.3, 0.4) is 0 Å². The van der Waals surface area contributed by atoms with Crippen molar-refractivity contribution in [2.24, 2.45) is 0 Å². The van der Waals surface area contributed by atoms with Gasteiger partial charge in [0.05, 0.1) is 0 Å². The van der Waals surface area contributed by atoms with Gasteiger partial charge in [0, 0.05) is 21.0 Å². The molecule has 2 rings (SSSR count). The molecule has 19 heavy (non-hydrogen) atoms. The second kappa shape index (κ2) is 4.72. The lowest BCUT2D eigenvalue weighted by Gasteiger charge is -2.03. The number of aromatic nitrogens is 3. The highest BCUT2D eigenvalue weighted by Gasteiger charge is 2.25. The van der Waals surface area contributed by atoms with Gasteiger partial charge in [-0.1, -0.05) is 6.07 Å². The Hall–Kier alpha value is -2.36. The summed E-state index contributed by atoms with van der Waals surface area (Å²) >= 11 is 2.90. The predicted octanol–water partition coefficient (Wildman–Crippen LogP) is 1.78. The molecule has 0 fully saturated rings. The molecule has 0 aliphatic carbocycles. The Morgan fingerprint density at radius 3 is 2.74 bits per heavy atom. The Morgan fingerprint density at radius 2 is 2.21 bits per heavy atom. The van der Waals surface area contributed by atoms with E-state index in [9.17, 15) is 19.3 Å². The fraction of sp³-hybridized carbons (Fsp3) is 0. The Labute approximate surface area is 112 Å². The molecule has 0 aliphatic heterocycles. The second-order valence-electron chi connectivity index (χ2n) is 3.29. The molecule has 10 heteroatoms. The molecule has 0 saturated heterocycles. The van der Waals surface area contributed by atoms with E-state index in [0.717, 1.165) is 10.7 Å². The van der Waals surface area contributed by atoms with Crippen molar-refractivity contribution in [3.05, 3.63) is 44.4 Å². The Bertz CT molecular complexity index is 687. The average molecular weight is 331 g/mol. The van der Waals surface area contributed by atoms with E-state index in [-0.39, 0.29) is 10.4 Å². The van der Waals surface area contributed by atoms with Crippen LogP contribution in [0.25, 0.3) is 5.69 Å². The van der Waals surface area contributed by atoms with Gasteiger partial charge >= 0.3 is 11.9 Å². The third-order valence-electron chi connectivity index (χ3n) is 2.15. The highest BCUT2D eigenvalue weighted by molar-refractivity contribution is 9.10. The molecule has 0 saturated carbocycles. The van der Waals surface area contributed by atoms with Gasteiger partial charge in [-0.3, -0.25) is 0 Å². The maximum atomic E-state index is 13.5. The number of carboxylic acid groups (broad SMARTS) is 1. The number of benzene rings is 1. The minimum Gasteiger partial charge on any atom is -0.478 e. The number of nitrogens with zero attached hydrogens (tertiary/aromatic N) is 4. The summed E-state index contributed by atoms with van der Waals surface area (Å²) in [6, 6.07) is 3.49. The SMILES string of the molecule is O=C(O)c1c(F)cccc1-n1nc([N+](=O)[O-])nc1Br. The van der Waals surface area contributed by atoms with Gasteiger partial charge < -0.3 is 15.2 Å². The molecular formula is C9H4BrFN4O4. The maximum absolute atomic E-state index is 13.5. The molecule has 0 bridgehead atoms. The Morgan fingerprint density at radius 1 is 1.53 bits per heavy atom. The van der Waals surface area contributed by atoms with Crippen LogP contribution in [-0.4, -0.2) is 30.8 Å². The van der Waals surface area contributed by atoms with Gasteiger partial charge in [0.25, 0.3) is 4.73 Å². The van der Waals surface area contributed by atoms with Gasteiger partial charge in [0.1, 0.15) is 17.1 Å². The molecule has 1 aromatic carbocycles. The van der Waals surface area contributed by atoms with Gasteiger partial charge in [-0.2, -0.15) is 0 Å². The molecule has 0 amide bonds. The lowest BCUT2D eigenvalue weighted by molar-refractivity contribution is -0.394. The second-order valence-corrected chi connectivity index (χ2v) is 4.00. The molecule has 0 aliphatic rings. The summed E-state index contributed by atoms with van der Waals surface area (Å²) in [7, 11) is 0. The molecule has 0 spiro atoms. The summed E-state index contributed by atoms with van der Waals surface area (Å²) in [5.41, 5.74) is -0.817. The largest absolute Gasteiger partial charge is 0.492 e. The normalized spacial score (nSPS) is 10.4. The van der Waals surface area contributed by atoms with Gasteiger partial charge in [-0.25, -0.2) is 9.18 Å². The van der Waals surface area contributed by atoms with E-state index < -0.39 is 28.2 Å². The predicted molar refractivity (Wildman–Crippen MR) is 62.6 cm³/mol. The first-order valence-electron chi connectivity index (χ1n) is 4.71. The number of aromatic carboxylic acids is 1. The molecule has 1 heterocycles. The van der Waals surface area contributed by atoms with E-state index >= 15 is 0 Å². The molecule has 2 aromatic rings. The molecular weight excluding hydrogens is 327 g/mol. The van der Waals surface area contributed by atoms with Gasteiger partial charge in [0.15, 0.2) is 0 Å². The number of carboxylic acids is 1. The van der Waals surface area contributed by atoms with E-state index in [1.807, 2.05) is 0 Å². The van der Waals surface area contributed by atoms with E-state index in [1.165, 1.54) is 12.1 Å². The molecule has 98 valence electrons. The van der Waals surface area contributed by atoms with E-state index in [0.29, 0.717) is 0 Å². The van der Waals surface area contributed by atoms with Crippen molar-refractivity contribution in [1.82, 2.24) is 14.8 Å². The standard InChI is InChI=1S/C9H4BrFN4O4/c10-8-12-9(15(18)19)13-14(8)5-3-1-2-4(11)6(5)7(16)17/h1-3H,(H,16,17). The number of nitro groups is 1. The van der Waals surface area contributed by atoms with Gasteiger partial charge in [-0.05, 0) is 22.0 Å². The van der Waals surface area contributed by atoms with Crippen molar-refractivity contribution < 1.29 is 19.2 Å². The number of carbonyl (C=O) groups is 1. The van der Waals surface area contributed by atoms with Crippen LogP contribution >= 0.6 is 15.9 Å². The lowest BCUT2D eigenvalue weighted by Crippen LogP contribution is -2.09. The Kier molecular flexibility index (Phi) is 3.25. The minimum absolute atomic E-state index is 0.104. The first-order valence-corrected chi connectivity index (χ1v) is 5.50. The molecule has 0 atom stereocenters. The number of rotatable bonds is 3. The topological polar surface area (TPSA) is 111 Å². The van der Waals surface area contributed by atoms with E-state index in [4.69, 9.17) is 5.11 Å². The van der Waals surface area contributed by atoms with Crippen molar-refractivity contribution in [3.63, 3.8) is 0 Å². The first-order chi connectivity index (χ1) is 8.91. The van der Waals surface area contributed by atoms with Crippen LogP contribution in [0.2, 0.25) is 0 Å². The Balaban J connectivity index is 2.69. The third-order valence-corrected chi connectivity index (χ3v) is 2.67. The van der Waals surface area contributed by atoms with E-state index in [2.05, 4.69) is 26.0 Å². The lowest BCUT2D eigenvalue weighted by atomic mass is 10.1. The molecule has 1 aromatic heterocycles. The minimum atomic E-state index is -1.52. The highest BCUT2D eigenvalue weighted by Crippen LogP contribution is 2.22. The molecule has 1 N–H and O–H groups in total. The van der Waals surface area contributed by atoms with Crippen LogP contribution in [0.4, 0.5) is 10.3 Å². The number of halogens is 2.